The van der Waals surface area contributed by atoms with Gasteiger partial charge in [-0.05, 0) is 37.1 Å². The molecule has 1 aromatic carbocycles. The number of nitrogens with zero attached hydrogens (tertiary/aromatic N) is 3. The van der Waals surface area contributed by atoms with Crippen LogP contribution in [-0.2, 0) is 14.8 Å². The van der Waals surface area contributed by atoms with Gasteiger partial charge in [-0.25, -0.2) is 8.42 Å². The summed E-state index contributed by atoms with van der Waals surface area (Å²) >= 11 is 0. The maximum Gasteiger partial charge on any atom is 0.255 e. The molecule has 31 heavy (non-hydrogen) atoms. The van der Waals surface area contributed by atoms with Gasteiger partial charge in [0.05, 0.1) is 18.8 Å². The monoisotopic (exact) mass is 445 g/mol. The predicted octanol–water partition coefficient (Wildman–Crippen LogP) is 2.03. The van der Waals surface area contributed by atoms with Crippen molar-refractivity contribution in [1.82, 2.24) is 14.2 Å². The Labute approximate surface area is 182 Å². The zero-order chi connectivity index (χ0) is 21.9. The number of rotatable bonds is 4. The van der Waals surface area contributed by atoms with E-state index in [-0.39, 0.29) is 22.8 Å². The molecule has 0 bridgehead atoms. The summed E-state index contributed by atoms with van der Waals surface area (Å²) in [6.45, 7) is 2.39. The van der Waals surface area contributed by atoms with E-state index in [1.54, 1.807) is 55.9 Å². The van der Waals surface area contributed by atoms with E-state index in [2.05, 4.69) is 4.98 Å². The molecule has 0 aliphatic carbocycles. The Morgan fingerprint density at radius 2 is 1.97 bits per heavy atom. The lowest BCUT2D eigenvalue weighted by Gasteiger charge is -2.45. The van der Waals surface area contributed by atoms with Crippen molar-refractivity contribution in [3.63, 3.8) is 0 Å². The minimum absolute atomic E-state index is 0.0519. The van der Waals surface area contributed by atoms with Crippen molar-refractivity contribution in [2.75, 3.05) is 46.5 Å². The molecule has 1 spiro atoms. The number of likely N-dealkylation sites (tertiary alicyclic amines) is 1. The van der Waals surface area contributed by atoms with Gasteiger partial charge in [-0.15, -0.1) is 0 Å². The van der Waals surface area contributed by atoms with E-state index in [1.807, 2.05) is 4.90 Å². The Balaban J connectivity index is 1.57. The molecule has 0 unspecified atom stereocenters. The lowest BCUT2D eigenvalue weighted by molar-refractivity contribution is 0.0276. The Morgan fingerprint density at radius 3 is 2.68 bits per heavy atom. The molecule has 0 N–H and O–H groups in total. The number of hydrogen-bond acceptors (Lipinski definition) is 6. The number of piperidine rings is 1. The summed E-state index contributed by atoms with van der Waals surface area (Å²) in [6, 6.07) is 10.3. The summed E-state index contributed by atoms with van der Waals surface area (Å²) < 4.78 is 39.5. The highest BCUT2D eigenvalue weighted by atomic mass is 32.2. The molecule has 4 rings (SSSR count). The molecular weight excluding hydrogens is 418 g/mol. The minimum atomic E-state index is -3.72. The van der Waals surface area contributed by atoms with Crippen LogP contribution in [0.1, 0.15) is 23.2 Å². The molecule has 2 aliphatic heterocycles. The lowest BCUT2D eigenvalue weighted by atomic mass is 9.78. The number of sulfonamides is 1. The second kappa shape index (κ2) is 8.94. The van der Waals surface area contributed by atoms with Crippen LogP contribution in [0, 0.1) is 5.41 Å². The number of aromatic nitrogens is 1. The number of pyridine rings is 1. The number of methoxy groups -OCH3 is 1. The fourth-order valence-corrected chi connectivity index (χ4v) is 5.88. The first-order chi connectivity index (χ1) is 15.0. The molecule has 0 radical (unpaired) electrons. The van der Waals surface area contributed by atoms with Gasteiger partial charge in [0.25, 0.3) is 5.91 Å². The second-order valence-corrected chi connectivity index (χ2v) is 10.0. The molecular formula is C22H27N3O5S. The fraction of sp³-hybridized carbons (Fsp3) is 0.455. The molecule has 1 aromatic heterocycles. The smallest absolute Gasteiger partial charge is 0.255 e. The normalized spacial score (nSPS) is 20.4. The van der Waals surface area contributed by atoms with Crippen molar-refractivity contribution in [2.24, 2.45) is 5.41 Å². The summed E-state index contributed by atoms with van der Waals surface area (Å²) in [6.07, 6.45) is 4.52. The van der Waals surface area contributed by atoms with Gasteiger partial charge >= 0.3 is 0 Å². The highest BCUT2D eigenvalue weighted by molar-refractivity contribution is 7.89. The average molecular weight is 446 g/mol. The van der Waals surface area contributed by atoms with E-state index in [4.69, 9.17) is 9.47 Å². The topological polar surface area (TPSA) is 89.0 Å². The summed E-state index contributed by atoms with van der Waals surface area (Å²) in [4.78, 5) is 18.8. The molecule has 2 aromatic rings. The molecule has 8 nitrogen and oxygen atoms in total. The van der Waals surface area contributed by atoms with Crippen LogP contribution in [-0.4, -0.2) is 75.0 Å². The number of amides is 1. The Kier molecular flexibility index (Phi) is 6.27. The van der Waals surface area contributed by atoms with Crippen LogP contribution in [0.25, 0.3) is 0 Å². The summed E-state index contributed by atoms with van der Waals surface area (Å²) in [7, 11) is -2.16. The Morgan fingerprint density at radius 1 is 1.19 bits per heavy atom. The largest absolute Gasteiger partial charge is 0.492 e. The van der Waals surface area contributed by atoms with Crippen LogP contribution < -0.4 is 4.74 Å². The molecule has 0 atom stereocenters. The quantitative estimate of drug-likeness (QED) is 0.716. The summed E-state index contributed by atoms with van der Waals surface area (Å²) in [5.41, 5.74) is 0.186. The highest BCUT2D eigenvalue weighted by Gasteiger charge is 2.43. The van der Waals surface area contributed by atoms with E-state index in [9.17, 15) is 13.2 Å². The standard InChI is InChI=1S/C22H27N3O5S/c1-29-14-13-25-16-22(17-30-19-6-2-3-7-20(19)31(25,27)28)8-11-24(12-9-22)21(26)18-5-4-10-23-15-18/h2-7,10,15H,8-9,11-14,16-17H2,1H3. The lowest BCUT2D eigenvalue weighted by Crippen LogP contribution is -2.53. The van der Waals surface area contributed by atoms with Crippen LogP contribution in [0.5, 0.6) is 5.75 Å². The van der Waals surface area contributed by atoms with Crippen LogP contribution in [0.3, 0.4) is 0 Å². The van der Waals surface area contributed by atoms with E-state index in [1.165, 1.54) is 4.31 Å². The Hall–Kier alpha value is -2.49. The van der Waals surface area contributed by atoms with Gasteiger partial charge in [0.15, 0.2) is 0 Å². The number of hydrogen-bond donors (Lipinski definition) is 0. The summed E-state index contributed by atoms with van der Waals surface area (Å²) in [5, 5.41) is 0. The maximum absolute atomic E-state index is 13.4. The van der Waals surface area contributed by atoms with E-state index in [0.29, 0.717) is 57.0 Å². The van der Waals surface area contributed by atoms with E-state index < -0.39 is 10.0 Å². The third kappa shape index (κ3) is 4.44. The first-order valence-electron chi connectivity index (χ1n) is 10.4. The third-order valence-corrected chi connectivity index (χ3v) is 7.96. The highest BCUT2D eigenvalue weighted by Crippen LogP contribution is 2.39. The third-order valence-electron chi connectivity index (χ3n) is 6.08. The SMILES string of the molecule is COCCN1CC2(CCN(C(=O)c3cccnc3)CC2)COc2ccccc2S1(=O)=O. The van der Waals surface area contributed by atoms with Gasteiger partial charge in [0.2, 0.25) is 10.0 Å². The number of benzene rings is 1. The minimum Gasteiger partial charge on any atom is -0.492 e. The number of fused-ring (bicyclic) bond motifs is 1. The second-order valence-electron chi connectivity index (χ2n) is 8.10. The van der Waals surface area contributed by atoms with Crippen molar-refractivity contribution in [2.45, 2.75) is 17.7 Å². The Bertz CT molecular complexity index is 1020. The molecule has 1 saturated heterocycles. The molecule has 166 valence electrons. The summed E-state index contributed by atoms with van der Waals surface area (Å²) in [5.74, 6) is 0.321. The zero-order valence-electron chi connectivity index (χ0n) is 17.6. The van der Waals surface area contributed by atoms with Gasteiger partial charge in [0.1, 0.15) is 10.6 Å². The maximum atomic E-state index is 13.4. The van der Waals surface area contributed by atoms with Crippen molar-refractivity contribution in [3.05, 3.63) is 54.4 Å². The number of carbonyl (C=O) groups excluding carboxylic acids is 1. The molecule has 1 fully saturated rings. The first-order valence-corrected chi connectivity index (χ1v) is 11.8. The molecule has 1 amide bonds. The van der Waals surface area contributed by atoms with Crippen LogP contribution in [0.4, 0.5) is 0 Å². The van der Waals surface area contributed by atoms with Crippen molar-refractivity contribution in [1.29, 1.82) is 0 Å². The van der Waals surface area contributed by atoms with Crippen molar-refractivity contribution < 1.29 is 22.7 Å². The van der Waals surface area contributed by atoms with Gasteiger partial charge < -0.3 is 14.4 Å². The fourth-order valence-electron chi connectivity index (χ4n) is 4.21. The molecule has 0 saturated carbocycles. The van der Waals surface area contributed by atoms with Gasteiger partial charge in [-0.2, -0.15) is 4.31 Å². The van der Waals surface area contributed by atoms with Gasteiger partial charge in [-0.1, -0.05) is 12.1 Å². The van der Waals surface area contributed by atoms with Crippen LogP contribution >= 0.6 is 0 Å². The van der Waals surface area contributed by atoms with Crippen molar-refractivity contribution >= 4 is 15.9 Å². The van der Waals surface area contributed by atoms with Crippen LogP contribution in [0.15, 0.2) is 53.7 Å². The average Bonchev–Trinajstić information content (AvgIpc) is 2.80. The predicted molar refractivity (Wildman–Crippen MR) is 114 cm³/mol. The van der Waals surface area contributed by atoms with Crippen molar-refractivity contribution in [3.8, 4) is 5.75 Å². The number of carbonyl (C=O) groups is 1. The van der Waals surface area contributed by atoms with E-state index >= 15 is 0 Å². The van der Waals surface area contributed by atoms with Crippen LogP contribution in [0.2, 0.25) is 0 Å². The molecule has 3 heterocycles. The number of para-hydroxylation sites is 1. The zero-order valence-corrected chi connectivity index (χ0v) is 18.4. The number of ether oxygens (including phenoxy) is 2. The molecule has 2 aliphatic rings. The first kappa shape index (κ1) is 21.7. The van der Waals surface area contributed by atoms with E-state index in [0.717, 1.165) is 0 Å². The van der Waals surface area contributed by atoms with Gasteiger partial charge in [0, 0.05) is 51.1 Å². The molecule has 9 heteroatoms. The van der Waals surface area contributed by atoms with Gasteiger partial charge in [-0.3, -0.25) is 9.78 Å².